The summed E-state index contributed by atoms with van der Waals surface area (Å²) in [6, 6.07) is 9.68. The van der Waals surface area contributed by atoms with Crippen molar-refractivity contribution in [1.29, 1.82) is 5.26 Å². The van der Waals surface area contributed by atoms with Crippen molar-refractivity contribution in [2.45, 2.75) is 27.2 Å². The SMILES string of the molecule is CCN(CC)c1ccc(/C=C(\C#N)C(=O)OCC[N+](C)(C)CCCOC(C)=O)cc1. The van der Waals surface area contributed by atoms with Gasteiger partial charge in [-0.2, -0.15) is 5.26 Å². The molecule has 0 amide bonds. The molecule has 30 heavy (non-hydrogen) atoms. The maximum Gasteiger partial charge on any atom is 0.349 e. The van der Waals surface area contributed by atoms with Crippen LogP contribution < -0.4 is 4.90 Å². The normalized spacial score (nSPS) is 11.5. The standard InChI is InChI=1S/C23H34N3O4/c1-6-25(7-2)22-11-9-20(10-12-22)17-21(18-24)23(28)30-16-14-26(4,5)13-8-15-29-19(3)27/h9-12,17H,6-8,13-16H2,1-5H3/q+1/b21-17+. The lowest BCUT2D eigenvalue weighted by Crippen LogP contribution is -2.43. The zero-order chi connectivity index (χ0) is 22.6. The molecule has 0 saturated carbocycles. The molecule has 0 unspecified atom stereocenters. The third-order valence-electron chi connectivity index (χ3n) is 4.82. The lowest BCUT2D eigenvalue weighted by Gasteiger charge is -2.29. The second-order valence-corrected chi connectivity index (χ2v) is 7.65. The van der Waals surface area contributed by atoms with E-state index in [4.69, 9.17) is 9.47 Å². The first-order valence-electron chi connectivity index (χ1n) is 10.3. The fourth-order valence-corrected chi connectivity index (χ4v) is 2.96. The van der Waals surface area contributed by atoms with Crippen LogP contribution in [0.1, 0.15) is 32.8 Å². The van der Waals surface area contributed by atoms with E-state index in [1.54, 1.807) is 6.08 Å². The van der Waals surface area contributed by atoms with Crippen LogP contribution in [-0.4, -0.2) is 69.9 Å². The molecule has 0 atom stereocenters. The Hall–Kier alpha value is -2.85. The molecular weight excluding hydrogens is 382 g/mol. The third kappa shape index (κ3) is 9.10. The Bertz CT molecular complexity index is 760. The molecule has 0 saturated heterocycles. The average molecular weight is 417 g/mol. The Morgan fingerprint density at radius 1 is 1.07 bits per heavy atom. The average Bonchev–Trinajstić information content (AvgIpc) is 2.71. The number of anilines is 1. The first kappa shape index (κ1) is 25.2. The summed E-state index contributed by atoms with van der Waals surface area (Å²) in [6.45, 7) is 9.39. The lowest BCUT2D eigenvalue weighted by molar-refractivity contribution is -0.890. The molecule has 0 aromatic heterocycles. The molecule has 0 heterocycles. The van der Waals surface area contributed by atoms with Crippen molar-refractivity contribution < 1.29 is 23.5 Å². The molecule has 1 rings (SSSR count). The Labute approximate surface area is 180 Å². The predicted octanol–water partition coefficient (Wildman–Crippen LogP) is 3.01. The highest BCUT2D eigenvalue weighted by molar-refractivity contribution is 5.97. The number of rotatable bonds is 12. The van der Waals surface area contributed by atoms with Gasteiger partial charge in [-0.05, 0) is 37.6 Å². The van der Waals surface area contributed by atoms with Crippen LogP contribution in [0.5, 0.6) is 0 Å². The van der Waals surface area contributed by atoms with E-state index in [2.05, 4.69) is 18.7 Å². The molecule has 1 aromatic rings. The number of likely N-dealkylation sites (N-methyl/N-ethyl adjacent to an activating group) is 1. The predicted molar refractivity (Wildman–Crippen MR) is 118 cm³/mol. The van der Waals surface area contributed by atoms with Gasteiger partial charge in [-0.15, -0.1) is 0 Å². The number of nitrogens with zero attached hydrogens (tertiary/aromatic N) is 3. The summed E-state index contributed by atoms with van der Waals surface area (Å²) in [5, 5.41) is 9.35. The summed E-state index contributed by atoms with van der Waals surface area (Å²) in [5.41, 5.74) is 1.86. The number of quaternary nitrogens is 1. The molecular formula is C23H34N3O4+. The molecule has 0 fully saturated rings. The van der Waals surface area contributed by atoms with Crippen molar-refractivity contribution in [2.75, 3.05) is 58.4 Å². The van der Waals surface area contributed by atoms with Gasteiger partial charge in [0.15, 0.2) is 0 Å². The van der Waals surface area contributed by atoms with E-state index in [0.29, 0.717) is 17.6 Å². The molecule has 0 aliphatic rings. The molecule has 7 nitrogen and oxygen atoms in total. The summed E-state index contributed by atoms with van der Waals surface area (Å²) < 4.78 is 10.9. The minimum absolute atomic E-state index is 0.0225. The first-order chi connectivity index (χ1) is 14.2. The second kappa shape index (κ2) is 12.7. The number of hydrogen-bond acceptors (Lipinski definition) is 6. The fourth-order valence-electron chi connectivity index (χ4n) is 2.96. The highest BCUT2D eigenvalue weighted by Gasteiger charge is 2.17. The molecule has 0 radical (unpaired) electrons. The van der Waals surface area contributed by atoms with Crippen molar-refractivity contribution in [1.82, 2.24) is 0 Å². The van der Waals surface area contributed by atoms with Crippen molar-refractivity contribution >= 4 is 23.7 Å². The van der Waals surface area contributed by atoms with E-state index in [0.717, 1.165) is 37.3 Å². The van der Waals surface area contributed by atoms with E-state index in [-0.39, 0.29) is 18.1 Å². The Morgan fingerprint density at radius 2 is 1.70 bits per heavy atom. The molecule has 1 aromatic carbocycles. The minimum Gasteiger partial charge on any atom is -0.466 e. The number of hydrogen-bond donors (Lipinski definition) is 0. The van der Waals surface area contributed by atoms with Gasteiger partial charge in [-0.3, -0.25) is 4.79 Å². The molecule has 164 valence electrons. The van der Waals surface area contributed by atoms with Crippen molar-refractivity contribution in [3.63, 3.8) is 0 Å². The molecule has 0 bridgehead atoms. The summed E-state index contributed by atoms with van der Waals surface area (Å²) in [5.74, 6) is -0.905. The van der Waals surface area contributed by atoms with Gasteiger partial charge < -0.3 is 18.9 Å². The number of carbonyl (C=O) groups excluding carboxylic acids is 2. The number of nitriles is 1. The highest BCUT2D eigenvalue weighted by atomic mass is 16.5. The van der Waals surface area contributed by atoms with Crippen molar-refractivity contribution in [3.05, 3.63) is 35.4 Å². The second-order valence-electron chi connectivity index (χ2n) is 7.65. The number of benzene rings is 1. The topological polar surface area (TPSA) is 79.6 Å². The number of esters is 2. The van der Waals surface area contributed by atoms with Crippen LogP contribution in [0, 0.1) is 11.3 Å². The van der Waals surface area contributed by atoms with Gasteiger partial charge in [0.25, 0.3) is 0 Å². The lowest BCUT2D eigenvalue weighted by atomic mass is 10.1. The summed E-state index contributed by atoms with van der Waals surface area (Å²) in [6.07, 6.45) is 2.28. The molecule has 0 N–H and O–H groups in total. The summed E-state index contributed by atoms with van der Waals surface area (Å²) in [4.78, 5) is 25.3. The van der Waals surface area contributed by atoms with Crippen LogP contribution in [0.4, 0.5) is 5.69 Å². The number of ether oxygens (including phenoxy) is 2. The van der Waals surface area contributed by atoms with E-state index in [1.165, 1.54) is 6.92 Å². The first-order valence-corrected chi connectivity index (χ1v) is 10.3. The fraction of sp³-hybridized carbons (Fsp3) is 0.522. The highest BCUT2D eigenvalue weighted by Crippen LogP contribution is 2.17. The van der Waals surface area contributed by atoms with E-state index in [9.17, 15) is 14.9 Å². The molecule has 0 aliphatic heterocycles. The van der Waals surface area contributed by atoms with Gasteiger partial charge in [0.2, 0.25) is 0 Å². The Kier molecular flexibility index (Phi) is 10.6. The number of carbonyl (C=O) groups is 2. The molecule has 0 aliphatic carbocycles. The van der Waals surface area contributed by atoms with Crippen LogP contribution >= 0.6 is 0 Å². The molecule has 7 heteroatoms. The van der Waals surface area contributed by atoms with Gasteiger partial charge in [0.05, 0.1) is 27.2 Å². The van der Waals surface area contributed by atoms with Crippen LogP contribution in [0.3, 0.4) is 0 Å². The van der Waals surface area contributed by atoms with Gasteiger partial charge in [-0.25, -0.2) is 4.79 Å². The van der Waals surface area contributed by atoms with Crippen molar-refractivity contribution in [3.8, 4) is 6.07 Å². The van der Waals surface area contributed by atoms with E-state index >= 15 is 0 Å². The van der Waals surface area contributed by atoms with Crippen LogP contribution in [0.15, 0.2) is 29.8 Å². The van der Waals surface area contributed by atoms with Crippen LogP contribution in [0.2, 0.25) is 0 Å². The van der Waals surface area contributed by atoms with Gasteiger partial charge in [0.1, 0.15) is 24.8 Å². The van der Waals surface area contributed by atoms with Gasteiger partial charge in [-0.1, -0.05) is 12.1 Å². The largest absolute Gasteiger partial charge is 0.466 e. The van der Waals surface area contributed by atoms with Crippen LogP contribution in [-0.2, 0) is 19.1 Å². The van der Waals surface area contributed by atoms with Crippen molar-refractivity contribution in [2.24, 2.45) is 0 Å². The zero-order valence-electron chi connectivity index (χ0n) is 18.8. The van der Waals surface area contributed by atoms with Crippen LogP contribution in [0.25, 0.3) is 6.08 Å². The van der Waals surface area contributed by atoms with E-state index < -0.39 is 5.97 Å². The maximum atomic E-state index is 12.3. The van der Waals surface area contributed by atoms with Gasteiger partial charge in [0, 0.05) is 32.1 Å². The summed E-state index contributed by atoms with van der Waals surface area (Å²) in [7, 11) is 4.03. The Balaban J connectivity index is 2.58. The maximum absolute atomic E-state index is 12.3. The minimum atomic E-state index is -0.620. The quantitative estimate of drug-likeness (QED) is 0.171. The third-order valence-corrected chi connectivity index (χ3v) is 4.82. The zero-order valence-corrected chi connectivity index (χ0v) is 18.8. The smallest absolute Gasteiger partial charge is 0.349 e. The Morgan fingerprint density at radius 3 is 2.23 bits per heavy atom. The monoisotopic (exact) mass is 416 g/mol. The molecule has 0 spiro atoms. The van der Waals surface area contributed by atoms with E-state index in [1.807, 2.05) is 44.4 Å². The van der Waals surface area contributed by atoms with Gasteiger partial charge >= 0.3 is 11.9 Å². The summed E-state index contributed by atoms with van der Waals surface area (Å²) >= 11 is 0.